The molecule has 0 aromatic carbocycles. The second kappa shape index (κ2) is 4.97. The first-order chi connectivity index (χ1) is 8.00. The number of nitrogens with zero attached hydrogens (tertiary/aromatic N) is 1. The smallest absolute Gasteiger partial charge is 0.240 e. The van der Waals surface area contributed by atoms with Gasteiger partial charge in [-0.15, -0.1) is 0 Å². The molecule has 0 aliphatic carbocycles. The number of carbonyl (C=O) groups is 1. The summed E-state index contributed by atoms with van der Waals surface area (Å²) >= 11 is 0. The highest BCUT2D eigenvalue weighted by Crippen LogP contribution is 2.29. The zero-order valence-corrected chi connectivity index (χ0v) is 11.6. The van der Waals surface area contributed by atoms with Gasteiger partial charge in [0, 0.05) is 12.6 Å². The lowest BCUT2D eigenvalue weighted by atomic mass is 9.85. The Balaban J connectivity index is 2.07. The van der Waals surface area contributed by atoms with Gasteiger partial charge >= 0.3 is 0 Å². The molecule has 17 heavy (non-hydrogen) atoms. The molecule has 2 heterocycles. The van der Waals surface area contributed by atoms with Gasteiger partial charge in [-0.25, -0.2) is 0 Å². The van der Waals surface area contributed by atoms with E-state index in [1.807, 2.05) is 0 Å². The third kappa shape index (κ3) is 2.49. The topological polar surface area (TPSA) is 32.3 Å². The summed E-state index contributed by atoms with van der Waals surface area (Å²) in [5.41, 5.74) is 0. The molecule has 2 aliphatic rings. The van der Waals surface area contributed by atoms with E-state index in [9.17, 15) is 4.79 Å². The third-order valence-electron chi connectivity index (χ3n) is 4.68. The molecular weight excluding hydrogens is 212 g/mol. The standard InChI is InChI=1S/C14H26N2O/c1-9-7-11(3)12(4)16(8-9)14(17)13-10(2)5-6-15-13/h9-13,15H,5-8H2,1-4H3. The number of nitrogens with one attached hydrogen (secondary N) is 1. The van der Waals surface area contributed by atoms with Crippen molar-refractivity contribution in [1.29, 1.82) is 0 Å². The number of amides is 1. The molecule has 3 heteroatoms. The molecule has 2 rings (SSSR count). The largest absolute Gasteiger partial charge is 0.338 e. The summed E-state index contributed by atoms with van der Waals surface area (Å²) < 4.78 is 0. The van der Waals surface area contributed by atoms with Gasteiger partial charge < -0.3 is 10.2 Å². The predicted molar refractivity (Wildman–Crippen MR) is 69.7 cm³/mol. The monoisotopic (exact) mass is 238 g/mol. The van der Waals surface area contributed by atoms with Crippen LogP contribution >= 0.6 is 0 Å². The van der Waals surface area contributed by atoms with Crippen LogP contribution in [0, 0.1) is 17.8 Å². The van der Waals surface area contributed by atoms with Crippen LogP contribution in [0.15, 0.2) is 0 Å². The molecule has 1 N–H and O–H groups in total. The van der Waals surface area contributed by atoms with Crippen LogP contribution in [0.3, 0.4) is 0 Å². The van der Waals surface area contributed by atoms with Gasteiger partial charge in [-0.3, -0.25) is 4.79 Å². The van der Waals surface area contributed by atoms with E-state index in [0.29, 0.717) is 29.7 Å². The molecule has 0 aromatic heterocycles. The quantitative estimate of drug-likeness (QED) is 0.756. The molecule has 5 atom stereocenters. The van der Waals surface area contributed by atoms with Crippen molar-refractivity contribution in [2.24, 2.45) is 17.8 Å². The fourth-order valence-corrected chi connectivity index (χ4v) is 3.35. The average Bonchev–Trinajstić information content (AvgIpc) is 2.69. The van der Waals surface area contributed by atoms with Crippen LogP contribution in [0.25, 0.3) is 0 Å². The Labute approximate surface area is 105 Å². The van der Waals surface area contributed by atoms with Gasteiger partial charge in [-0.05, 0) is 44.1 Å². The number of piperidine rings is 1. The normalized spacial score (nSPS) is 42.8. The SMILES string of the molecule is CC1CC(C)C(C)N(C(=O)C2NCCC2C)C1. The highest BCUT2D eigenvalue weighted by Gasteiger charge is 2.38. The lowest BCUT2D eigenvalue weighted by Crippen LogP contribution is -2.55. The fourth-order valence-electron chi connectivity index (χ4n) is 3.35. The van der Waals surface area contributed by atoms with Crippen LogP contribution < -0.4 is 5.32 Å². The molecule has 0 aromatic rings. The van der Waals surface area contributed by atoms with Gasteiger partial charge in [0.15, 0.2) is 0 Å². The van der Waals surface area contributed by atoms with Gasteiger partial charge in [-0.1, -0.05) is 20.8 Å². The molecule has 3 nitrogen and oxygen atoms in total. The summed E-state index contributed by atoms with van der Waals surface area (Å²) in [4.78, 5) is 14.7. The Morgan fingerprint density at radius 3 is 2.47 bits per heavy atom. The molecule has 0 bridgehead atoms. The van der Waals surface area contributed by atoms with Crippen LogP contribution in [0.1, 0.15) is 40.5 Å². The number of likely N-dealkylation sites (tertiary alicyclic amines) is 1. The van der Waals surface area contributed by atoms with E-state index in [1.54, 1.807) is 0 Å². The highest BCUT2D eigenvalue weighted by molar-refractivity contribution is 5.83. The maximum absolute atomic E-state index is 12.6. The molecule has 0 spiro atoms. The third-order valence-corrected chi connectivity index (χ3v) is 4.68. The van der Waals surface area contributed by atoms with Crippen LogP contribution in [0.4, 0.5) is 0 Å². The van der Waals surface area contributed by atoms with E-state index < -0.39 is 0 Å². The van der Waals surface area contributed by atoms with Crippen LogP contribution in [-0.2, 0) is 4.79 Å². The minimum absolute atomic E-state index is 0.0648. The maximum atomic E-state index is 12.6. The summed E-state index contributed by atoms with van der Waals surface area (Å²) in [6.07, 6.45) is 2.38. The molecule has 2 fully saturated rings. The number of rotatable bonds is 1. The second-order valence-electron chi connectivity index (χ2n) is 6.25. The lowest BCUT2D eigenvalue weighted by molar-refractivity contribution is -0.139. The Hall–Kier alpha value is -0.570. The van der Waals surface area contributed by atoms with Crippen molar-refractivity contribution in [3.63, 3.8) is 0 Å². The first-order valence-electron chi connectivity index (χ1n) is 7.04. The van der Waals surface area contributed by atoms with Crippen LogP contribution in [-0.4, -0.2) is 36.0 Å². The van der Waals surface area contributed by atoms with E-state index >= 15 is 0 Å². The van der Waals surface area contributed by atoms with Crippen molar-refractivity contribution in [2.75, 3.05) is 13.1 Å². The van der Waals surface area contributed by atoms with Crippen LogP contribution in [0.2, 0.25) is 0 Å². The summed E-state index contributed by atoms with van der Waals surface area (Å²) in [5.74, 6) is 2.09. The van der Waals surface area contributed by atoms with Gasteiger partial charge in [0.05, 0.1) is 6.04 Å². The lowest BCUT2D eigenvalue weighted by Gasteiger charge is -2.42. The number of carbonyl (C=O) groups excluding carboxylic acids is 1. The van der Waals surface area contributed by atoms with E-state index in [0.717, 1.165) is 19.5 Å². The maximum Gasteiger partial charge on any atom is 0.240 e. The van der Waals surface area contributed by atoms with E-state index in [2.05, 4.69) is 37.9 Å². The summed E-state index contributed by atoms with van der Waals surface area (Å²) in [5, 5.41) is 3.36. The Morgan fingerprint density at radius 1 is 1.18 bits per heavy atom. The minimum Gasteiger partial charge on any atom is -0.338 e. The molecule has 5 unspecified atom stereocenters. The minimum atomic E-state index is 0.0648. The van der Waals surface area contributed by atoms with Crippen molar-refractivity contribution < 1.29 is 4.79 Å². The van der Waals surface area contributed by atoms with Crippen molar-refractivity contribution in [3.8, 4) is 0 Å². The Kier molecular flexibility index (Phi) is 3.76. The van der Waals surface area contributed by atoms with Gasteiger partial charge in [0.1, 0.15) is 0 Å². The van der Waals surface area contributed by atoms with Crippen molar-refractivity contribution in [2.45, 2.75) is 52.6 Å². The van der Waals surface area contributed by atoms with Crippen LogP contribution in [0.5, 0.6) is 0 Å². The number of hydrogen-bond acceptors (Lipinski definition) is 2. The summed E-state index contributed by atoms with van der Waals surface area (Å²) in [7, 11) is 0. The first kappa shape index (κ1) is 12.9. The second-order valence-corrected chi connectivity index (χ2v) is 6.25. The van der Waals surface area contributed by atoms with Gasteiger partial charge in [-0.2, -0.15) is 0 Å². The molecule has 2 aliphatic heterocycles. The van der Waals surface area contributed by atoms with E-state index in [1.165, 1.54) is 6.42 Å². The van der Waals surface area contributed by atoms with E-state index in [4.69, 9.17) is 0 Å². The first-order valence-corrected chi connectivity index (χ1v) is 7.04. The zero-order chi connectivity index (χ0) is 12.6. The predicted octanol–water partition coefficient (Wildman–Crippen LogP) is 1.88. The molecule has 2 saturated heterocycles. The number of hydrogen-bond donors (Lipinski definition) is 1. The summed E-state index contributed by atoms with van der Waals surface area (Å²) in [6, 6.07) is 0.461. The summed E-state index contributed by atoms with van der Waals surface area (Å²) in [6.45, 7) is 10.8. The van der Waals surface area contributed by atoms with E-state index in [-0.39, 0.29) is 6.04 Å². The molecular formula is C14H26N2O. The average molecular weight is 238 g/mol. The molecule has 1 amide bonds. The van der Waals surface area contributed by atoms with Gasteiger partial charge in [0.2, 0.25) is 5.91 Å². The fraction of sp³-hybridized carbons (Fsp3) is 0.929. The van der Waals surface area contributed by atoms with Crippen molar-refractivity contribution in [3.05, 3.63) is 0 Å². The van der Waals surface area contributed by atoms with Crippen molar-refractivity contribution >= 4 is 5.91 Å². The Morgan fingerprint density at radius 2 is 1.88 bits per heavy atom. The molecule has 0 radical (unpaired) electrons. The van der Waals surface area contributed by atoms with Gasteiger partial charge in [0.25, 0.3) is 0 Å². The molecule has 0 saturated carbocycles. The zero-order valence-electron chi connectivity index (χ0n) is 11.6. The molecule has 98 valence electrons. The van der Waals surface area contributed by atoms with Crippen molar-refractivity contribution in [1.82, 2.24) is 10.2 Å². The Bertz CT molecular complexity index is 292. The highest BCUT2D eigenvalue weighted by atomic mass is 16.2.